The third kappa shape index (κ3) is 4.34. The minimum absolute atomic E-state index is 0.103. The van der Waals surface area contributed by atoms with Crippen LogP contribution in [0.15, 0.2) is 24.3 Å². The van der Waals surface area contributed by atoms with E-state index in [1.54, 1.807) is 0 Å². The number of hydrogen-bond acceptors (Lipinski definition) is 2. The van der Waals surface area contributed by atoms with Crippen LogP contribution in [0.4, 0.5) is 5.69 Å². The monoisotopic (exact) mass is 274 g/mol. The number of nitrogens with one attached hydrogen (secondary N) is 2. The molecule has 2 atom stereocenters. The van der Waals surface area contributed by atoms with Gasteiger partial charge in [0.1, 0.15) is 0 Å². The summed E-state index contributed by atoms with van der Waals surface area (Å²) in [5, 5.41) is 6.40. The lowest BCUT2D eigenvalue weighted by Crippen LogP contribution is -2.41. The topological polar surface area (TPSA) is 41.1 Å². The molecule has 0 radical (unpaired) electrons. The Bertz CT molecular complexity index is 419. The fraction of sp³-hybridized carbons (Fsp3) is 0.588. The maximum Gasteiger partial charge on any atom is 0.228 e. The van der Waals surface area contributed by atoms with Gasteiger partial charge in [-0.05, 0) is 50.3 Å². The summed E-state index contributed by atoms with van der Waals surface area (Å²) in [6, 6.07) is 8.81. The van der Waals surface area contributed by atoms with Crippen LogP contribution in [0.3, 0.4) is 0 Å². The van der Waals surface area contributed by atoms with Crippen LogP contribution in [0.5, 0.6) is 0 Å². The van der Waals surface area contributed by atoms with E-state index in [9.17, 15) is 4.79 Å². The summed E-state index contributed by atoms with van der Waals surface area (Å²) >= 11 is 0. The van der Waals surface area contributed by atoms with Crippen LogP contribution in [-0.2, 0) is 11.2 Å². The summed E-state index contributed by atoms with van der Waals surface area (Å²) in [6.07, 6.45) is 5.61. The van der Waals surface area contributed by atoms with E-state index in [-0.39, 0.29) is 11.8 Å². The van der Waals surface area contributed by atoms with Crippen LogP contribution in [0.1, 0.15) is 45.1 Å². The lowest BCUT2D eigenvalue weighted by molar-refractivity contribution is -0.120. The Balaban J connectivity index is 1.84. The first kappa shape index (κ1) is 15.0. The highest BCUT2D eigenvalue weighted by molar-refractivity contribution is 5.92. The molecule has 0 spiro atoms. The van der Waals surface area contributed by atoms with Gasteiger partial charge >= 0.3 is 0 Å². The van der Waals surface area contributed by atoms with Crippen LogP contribution in [-0.4, -0.2) is 18.5 Å². The van der Waals surface area contributed by atoms with E-state index in [1.165, 1.54) is 18.4 Å². The molecule has 2 unspecified atom stereocenters. The number of unbranched alkanes of at least 4 members (excludes halogenated alkanes) is 1. The first-order valence-electron chi connectivity index (χ1n) is 7.82. The van der Waals surface area contributed by atoms with E-state index in [2.05, 4.69) is 36.6 Å². The Morgan fingerprint density at radius 2 is 2.05 bits per heavy atom. The third-order valence-electron chi connectivity index (χ3n) is 4.07. The minimum Gasteiger partial charge on any atom is -0.326 e. The Kier molecular flexibility index (Phi) is 5.60. The van der Waals surface area contributed by atoms with Gasteiger partial charge in [-0.2, -0.15) is 0 Å². The highest BCUT2D eigenvalue weighted by Crippen LogP contribution is 2.17. The van der Waals surface area contributed by atoms with Crippen molar-refractivity contribution in [2.75, 3.05) is 11.9 Å². The summed E-state index contributed by atoms with van der Waals surface area (Å²) in [6.45, 7) is 5.17. The predicted octanol–water partition coefficient (Wildman–Crippen LogP) is 3.36. The highest BCUT2D eigenvalue weighted by atomic mass is 16.1. The molecule has 3 nitrogen and oxygen atoms in total. The molecule has 1 aromatic rings. The van der Waals surface area contributed by atoms with Crippen molar-refractivity contribution >= 4 is 11.6 Å². The van der Waals surface area contributed by atoms with Gasteiger partial charge in [0.05, 0.1) is 5.92 Å². The molecule has 2 N–H and O–H groups in total. The van der Waals surface area contributed by atoms with E-state index in [1.807, 2.05) is 12.1 Å². The number of rotatable bonds is 5. The van der Waals surface area contributed by atoms with Crippen LogP contribution >= 0.6 is 0 Å². The van der Waals surface area contributed by atoms with Gasteiger partial charge in [-0.25, -0.2) is 0 Å². The third-order valence-corrected chi connectivity index (χ3v) is 4.07. The summed E-state index contributed by atoms with van der Waals surface area (Å²) < 4.78 is 0. The number of carbonyl (C=O) groups is 1. The fourth-order valence-electron chi connectivity index (χ4n) is 2.60. The predicted molar refractivity (Wildman–Crippen MR) is 83.9 cm³/mol. The lowest BCUT2D eigenvalue weighted by Gasteiger charge is -2.26. The van der Waals surface area contributed by atoms with Crippen molar-refractivity contribution in [3.05, 3.63) is 29.8 Å². The molecule has 110 valence electrons. The average Bonchev–Trinajstić information content (AvgIpc) is 2.47. The van der Waals surface area contributed by atoms with Crippen LogP contribution in [0.25, 0.3) is 0 Å². The van der Waals surface area contributed by atoms with Gasteiger partial charge in [0, 0.05) is 18.3 Å². The molecular formula is C17H26N2O. The van der Waals surface area contributed by atoms with E-state index in [0.29, 0.717) is 6.04 Å². The summed E-state index contributed by atoms with van der Waals surface area (Å²) in [7, 11) is 0. The number of carbonyl (C=O) groups excluding carboxylic acids is 1. The molecule has 1 fully saturated rings. The summed E-state index contributed by atoms with van der Waals surface area (Å²) in [5.41, 5.74) is 2.26. The highest BCUT2D eigenvalue weighted by Gasteiger charge is 2.23. The van der Waals surface area contributed by atoms with Gasteiger partial charge in [0.2, 0.25) is 5.91 Å². The number of hydrogen-bond donors (Lipinski definition) is 2. The van der Waals surface area contributed by atoms with E-state index in [4.69, 9.17) is 0 Å². The van der Waals surface area contributed by atoms with Gasteiger partial charge in [0.25, 0.3) is 0 Å². The molecule has 1 heterocycles. The SMILES string of the molecule is CCCCc1ccc(NC(=O)C2CCC(C)NC2)cc1. The maximum absolute atomic E-state index is 12.2. The molecule has 2 rings (SSSR count). The van der Waals surface area contributed by atoms with Gasteiger partial charge in [-0.3, -0.25) is 4.79 Å². The lowest BCUT2D eigenvalue weighted by atomic mass is 9.94. The molecule has 0 bridgehead atoms. The standard InChI is InChI=1S/C17H26N2O/c1-3-4-5-14-7-10-16(11-8-14)19-17(20)15-9-6-13(2)18-12-15/h7-8,10-11,13,15,18H,3-6,9,12H2,1-2H3,(H,19,20). The zero-order valence-electron chi connectivity index (χ0n) is 12.6. The Labute approximate surface area is 122 Å². The van der Waals surface area contributed by atoms with Gasteiger partial charge in [-0.1, -0.05) is 25.5 Å². The first-order valence-corrected chi connectivity index (χ1v) is 7.82. The van der Waals surface area contributed by atoms with Crippen LogP contribution < -0.4 is 10.6 Å². The average molecular weight is 274 g/mol. The smallest absolute Gasteiger partial charge is 0.228 e. The molecule has 0 saturated carbocycles. The summed E-state index contributed by atoms with van der Waals surface area (Å²) in [5.74, 6) is 0.247. The molecule has 1 amide bonds. The number of aryl methyl sites for hydroxylation is 1. The van der Waals surface area contributed by atoms with Crippen molar-refractivity contribution in [3.8, 4) is 0 Å². The van der Waals surface area contributed by atoms with Crippen molar-refractivity contribution in [1.29, 1.82) is 0 Å². The minimum atomic E-state index is 0.103. The van der Waals surface area contributed by atoms with Crippen molar-refractivity contribution in [2.24, 2.45) is 5.92 Å². The largest absolute Gasteiger partial charge is 0.326 e. The van der Waals surface area contributed by atoms with Gasteiger partial charge < -0.3 is 10.6 Å². The molecule has 20 heavy (non-hydrogen) atoms. The zero-order chi connectivity index (χ0) is 14.4. The van der Waals surface area contributed by atoms with Crippen LogP contribution in [0, 0.1) is 5.92 Å². The van der Waals surface area contributed by atoms with E-state index < -0.39 is 0 Å². The van der Waals surface area contributed by atoms with Crippen molar-refractivity contribution < 1.29 is 4.79 Å². The van der Waals surface area contributed by atoms with E-state index in [0.717, 1.165) is 31.5 Å². The Morgan fingerprint density at radius 3 is 2.65 bits per heavy atom. The molecule has 1 aliphatic heterocycles. The molecule has 1 aromatic carbocycles. The van der Waals surface area contributed by atoms with Crippen LogP contribution in [0.2, 0.25) is 0 Å². The second-order valence-electron chi connectivity index (χ2n) is 5.87. The van der Waals surface area contributed by atoms with Gasteiger partial charge in [-0.15, -0.1) is 0 Å². The van der Waals surface area contributed by atoms with Crippen molar-refractivity contribution in [2.45, 2.75) is 52.0 Å². The number of amides is 1. The van der Waals surface area contributed by atoms with Crippen molar-refractivity contribution in [3.63, 3.8) is 0 Å². The second-order valence-corrected chi connectivity index (χ2v) is 5.87. The molecular weight excluding hydrogens is 248 g/mol. The fourth-order valence-corrected chi connectivity index (χ4v) is 2.60. The van der Waals surface area contributed by atoms with E-state index >= 15 is 0 Å². The second kappa shape index (κ2) is 7.44. The molecule has 0 aliphatic carbocycles. The quantitative estimate of drug-likeness (QED) is 0.864. The Morgan fingerprint density at radius 1 is 1.30 bits per heavy atom. The normalized spacial score (nSPS) is 22.5. The number of benzene rings is 1. The number of piperidine rings is 1. The maximum atomic E-state index is 12.2. The zero-order valence-corrected chi connectivity index (χ0v) is 12.6. The summed E-state index contributed by atoms with van der Waals surface area (Å²) in [4.78, 5) is 12.2. The molecule has 3 heteroatoms. The number of anilines is 1. The molecule has 0 aromatic heterocycles. The first-order chi connectivity index (χ1) is 9.69. The molecule has 1 saturated heterocycles. The van der Waals surface area contributed by atoms with Gasteiger partial charge in [0.15, 0.2) is 0 Å². The molecule has 1 aliphatic rings. The Hall–Kier alpha value is -1.35. The van der Waals surface area contributed by atoms with Crippen molar-refractivity contribution in [1.82, 2.24) is 5.32 Å².